The van der Waals surface area contributed by atoms with Crippen LogP contribution in [0, 0.1) is 34.0 Å². The van der Waals surface area contributed by atoms with Gasteiger partial charge in [0.1, 0.15) is 0 Å². The summed E-state index contributed by atoms with van der Waals surface area (Å²) in [7, 11) is 0. The van der Waals surface area contributed by atoms with Crippen molar-refractivity contribution >= 4 is 0 Å². The van der Waals surface area contributed by atoms with E-state index >= 15 is 0 Å². The van der Waals surface area contributed by atoms with Crippen molar-refractivity contribution in [1.29, 1.82) is 0 Å². The smallest absolute Gasteiger partial charge is 0.0834 e. The molecule has 0 saturated heterocycles. The molecule has 2 bridgehead atoms. The molecule has 136 valence electrons. The lowest BCUT2D eigenvalue weighted by molar-refractivity contribution is -0.257. The summed E-state index contributed by atoms with van der Waals surface area (Å²) < 4.78 is 0. The van der Waals surface area contributed by atoms with Crippen molar-refractivity contribution in [3.05, 3.63) is 12.2 Å². The molecule has 0 aromatic carbocycles. The number of hydrogen-bond acceptors (Lipinski definition) is 2. The fourth-order valence-corrected chi connectivity index (χ4v) is 8.14. The molecule has 0 aliphatic heterocycles. The van der Waals surface area contributed by atoms with Gasteiger partial charge in [0.25, 0.3) is 0 Å². The van der Waals surface area contributed by atoms with Crippen molar-refractivity contribution in [2.24, 2.45) is 34.0 Å². The highest BCUT2D eigenvalue weighted by molar-refractivity contribution is 5.28. The molecular weight excluding hydrogens is 296 g/mol. The van der Waals surface area contributed by atoms with Crippen LogP contribution in [0.4, 0.5) is 0 Å². The third-order valence-corrected chi connectivity index (χ3v) is 9.64. The summed E-state index contributed by atoms with van der Waals surface area (Å²) in [6.45, 7) is 11.4. The molecule has 0 aromatic heterocycles. The van der Waals surface area contributed by atoms with Crippen LogP contribution in [0.5, 0.6) is 0 Å². The van der Waals surface area contributed by atoms with E-state index < -0.39 is 6.10 Å². The van der Waals surface area contributed by atoms with E-state index in [4.69, 9.17) is 0 Å². The lowest BCUT2D eigenvalue weighted by Crippen LogP contribution is -2.69. The van der Waals surface area contributed by atoms with Gasteiger partial charge in [-0.05, 0) is 79.1 Å². The third-order valence-electron chi connectivity index (χ3n) is 9.64. The van der Waals surface area contributed by atoms with Gasteiger partial charge in [-0.15, -0.1) is 0 Å². The largest absolute Gasteiger partial charge is 0.392 e. The minimum Gasteiger partial charge on any atom is -0.392 e. The summed E-state index contributed by atoms with van der Waals surface area (Å²) in [4.78, 5) is 0. The lowest BCUT2D eigenvalue weighted by atomic mass is 9.34. The molecule has 24 heavy (non-hydrogen) atoms. The van der Waals surface area contributed by atoms with Gasteiger partial charge in [-0.25, -0.2) is 0 Å². The highest BCUT2D eigenvalue weighted by Gasteiger charge is 2.70. The maximum Gasteiger partial charge on any atom is 0.0834 e. The molecule has 5 saturated carbocycles. The third kappa shape index (κ3) is 1.80. The van der Waals surface area contributed by atoms with E-state index in [1.165, 1.54) is 32.1 Å². The van der Waals surface area contributed by atoms with Crippen molar-refractivity contribution in [1.82, 2.24) is 0 Å². The standard InChI is InChI=1S/C22H36O2/c1-5-20(4)9-7-10-21(6-2)16(20)13-18(23)22-11-8-15(12-17(21)22)14(3)19(22)24/h15-19,23-24H,3,5-13H2,1-2,4H3/t15-,16?,17?,18+,19-,20+,21+,22?/m0/s1. The SMILES string of the molecule is C=C1[C@H]2CCC3(C(C2)[C@]2(CC)CCC[C@@](C)(CC)C2C[C@H]3O)[C@H]1O. The van der Waals surface area contributed by atoms with Crippen LogP contribution in [-0.4, -0.2) is 22.4 Å². The Kier molecular flexibility index (Phi) is 3.80. The summed E-state index contributed by atoms with van der Waals surface area (Å²) in [5.74, 6) is 1.57. The summed E-state index contributed by atoms with van der Waals surface area (Å²) in [6.07, 6.45) is 9.69. The second-order valence-corrected chi connectivity index (χ2v) is 9.87. The fourth-order valence-electron chi connectivity index (χ4n) is 8.14. The van der Waals surface area contributed by atoms with Crippen LogP contribution < -0.4 is 0 Å². The van der Waals surface area contributed by atoms with E-state index in [2.05, 4.69) is 27.4 Å². The molecule has 5 fully saturated rings. The van der Waals surface area contributed by atoms with Crippen LogP contribution in [0.1, 0.15) is 78.6 Å². The highest BCUT2D eigenvalue weighted by atomic mass is 16.3. The minimum absolute atomic E-state index is 0.301. The van der Waals surface area contributed by atoms with Crippen LogP contribution >= 0.6 is 0 Å². The fraction of sp³-hybridized carbons (Fsp3) is 0.909. The molecule has 0 radical (unpaired) electrons. The number of aliphatic hydroxyl groups is 2. The van der Waals surface area contributed by atoms with Crippen molar-refractivity contribution in [3.63, 3.8) is 0 Å². The van der Waals surface area contributed by atoms with Gasteiger partial charge in [0.2, 0.25) is 0 Å². The highest BCUT2D eigenvalue weighted by Crippen LogP contribution is 2.73. The first-order chi connectivity index (χ1) is 11.4. The molecule has 5 aliphatic rings. The van der Waals surface area contributed by atoms with Crippen molar-refractivity contribution in [2.75, 3.05) is 0 Å². The molecule has 0 heterocycles. The second kappa shape index (κ2) is 5.33. The maximum absolute atomic E-state index is 11.3. The Morgan fingerprint density at radius 3 is 2.46 bits per heavy atom. The van der Waals surface area contributed by atoms with E-state index in [0.717, 1.165) is 31.3 Å². The summed E-state index contributed by atoms with van der Waals surface area (Å²) in [6, 6.07) is 0. The Labute approximate surface area is 147 Å². The zero-order valence-corrected chi connectivity index (χ0v) is 15.9. The van der Waals surface area contributed by atoms with Gasteiger partial charge in [-0.1, -0.05) is 40.2 Å². The average molecular weight is 333 g/mol. The van der Waals surface area contributed by atoms with Gasteiger partial charge in [-0.2, -0.15) is 0 Å². The Morgan fingerprint density at radius 1 is 1.04 bits per heavy atom. The van der Waals surface area contributed by atoms with Gasteiger partial charge < -0.3 is 10.2 Å². The number of hydrogen-bond donors (Lipinski definition) is 2. The van der Waals surface area contributed by atoms with E-state index in [0.29, 0.717) is 28.6 Å². The molecule has 5 aliphatic carbocycles. The van der Waals surface area contributed by atoms with Crippen molar-refractivity contribution < 1.29 is 10.2 Å². The Bertz CT molecular complexity index is 542. The molecule has 0 aromatic rings. The molecule has 2 heteroatoms. The zero-order chi connectivity index (χ0) is 17.3. The summed E-state index contributed by atoms with van der Waals surface area (Å²) in [5.41, 5.74) is 1.40. The molecule has 2 N–H and O–H groups in total. The van der Waals surface area contributed by atoms with Crippen LogP contribution in [0.25, 0.3) is 0 Å². The zero-order valence-electron chi connectivity index (χ0n) is 15.9. The first-order valence-electron chi connectivity index (χ1n) is 10.4. The predicted octanol–water partition coefficient (Wildman–Crippen LogP) is 4.70. The van der Waals surface area contributed by atoms with Crippen molar-refractivity contribution in [2.45, 2.75) is 90.8 Å². The van der Waals surface area contributed by atoms with Crippen LogP contribution in [0.3, 0.4) is 0 Å². The Morgan fingerprint density at radius 2 is 1.79 bits per heavy atom. The normalized spacial score (nSPS) is 56.7. The quantitative estimate of drug-likeness (QED) is 0.720. The number of fused-ring (bicyclic) bond motifs is 3. The Hall–Kier alpha value is -0.340. The van der Waals surface area contributed by atoms with Crippen molar-refractivity contribution in [3.8, 4) is 0 Å². The molecule has 8 atom stereocenters. The summed E-state index contributed by atoms with van der Waals surface area (Å²) >= 11 is 0. The molecule has 2 nitrogen and oxygen atoms in total. The van der Waals surface area contributed by atoms with E-state index in [1.54, 1.807) is 0 Å². The lowest BCUT2D eigenvalue weighted by Gasteiger charge is -2.71. The first kappa shape index (κ1) is 17.1. The van der Waals surface area contributed by atoms with Gasteiger partial charge in [0.05, 0.1) is 12.2 Å². The monoisotopic (exact) mass is 332 g/mol. The second-order valence-electron chi connectivity index (χ2n) is 9.87. The summed E-state index contributed by atoms with van der Waals surface area (Å²) in [5, 5.41) is 22.5. The van der Waals surface area contributed by atoms with Crippen LogP contribution in [0.2, 0.25) is 0 Å². The van der Waals surface area contributed by atoms with E-state index in [9.17, 15) is 10.2 Å². The van der Waals surface area contributed by atoms with Gasteiger partial charge >= 0.3 is 0 Å². The van der Waals surface area contributed by atoms with Gasteiger partial charge in [0.15, 0.2) is 0 Å². The van der Waals surface area contributed by atoms with Gasteiger partial charge in [-0.3, -0.25) is 0 Å². The van der Waals surface area contributed by atoms with E-state index in [-0.39, 0.29) is 11.5 Å². The first-order valence-corrected chi connectivity index (χ1v) is 10.4. The minimum atomic E-state index is -0.482. The number of rotatable bonds is 2. The molecule has 3 unspecified atom stereocenters. The van der Waals surface area contributed by atoms with Crippen LogP contribution in [-0.2, 0) is 0 Å². The molecular formula is C22H36O2. The predicted molar refractivity (Wildman–Crippen MR) is 97.5 cm³/mol. The molecule has 0 amide bonds. The molecule has 5 rings (SSSR count). The van der Waals surface area contributed by atoms with Crippen LogP contribution in [0.15, 0.2) is 12.2 Å². The Balaban J connectivity index is 1.84. The number of aliphatic hydroxyl groups excluding tert-OH is 2. The average Bonchev–Trinajstić information content (AvgIpc) is 2.60. The molecule has 1 spiro atoms. The topological polar surface area (TPSA) is 40.5 Å². The van der Waals surface area contributed by atoms with Gasteiger partial charge in [0, 0.05) is 5.41 Å². The van der Waals surface area contributed by atoms with E-state index in [1.807, 2.05) is 0 Å². The maximum atomic E-state index is 11.3.